The van der Waals surface area contributed by atoms with Crippen molar-refractivity contribution in [1.82, 2.24) is 0 Å². The molecule has 0 saturated heterocycles. The van der Waals surface area contributed by atoms with Crippen molar-refractivity contribution in [2.45, 2.75) is 19.7 Å². The van der Waals surface area contributed by atoms with E-state index in [1.165, 1.54) is 6.07 Å². The molecule has 0 unspecified atom stereocenters. The minimum Gasteiger partial charge on any atom is -0.406 e. The summed E-state index contributed by atoms with van der Waals surface area (Å²) in [6, 6.07) is 3.05. The van der Waals surface area contributed by atoms with Crippen molar-refractivity contribution in [2.75, 3.05) is 0 Å². The summed E-state index contributed by atoms with van der Waals surface area (Å²) >= 11 is 0. The number of hydrogen-bond donors (Lipinski definition) is 0. The van der Waals surface area contributed by atoms with E-state index in [1.807, 2.05) is 0 Å². The first kappa shape index (κ1) is 12.5. The van der Waals surface area contributed by atoms with Gasteiger partial charge in [0.05, 0.1) is 0 Å². The summed E-state index contributed by atoms with van der Waals surface area (Å²) in [6.07, 6.45) is -4.51. The van der Waals surface area contributed by atoms with Crippen molar-refractivity contribution in [3.8, 4) is 5.75 Å². The first-order valence-corrected chi connectivity index (χ1v) is 4.46. The second kappa shape index (κ2) is 4.55. The maximum Gasteiger partial charge on any atom is 0.573 e. The molecule has 0 amide bonds. The van der Waals surface area contributed by atoms with E-state index in [0.717, 1.165) is 11.6 Å². The highest BCUT2D eigenvalue weighted by Crippen LogP contribution is 2.25. The molecule has 16 heavy (non-hydrogen) atoms. The lowest BCUT2D eigenvalue weighted by atomic mass is 10.1. The summed E-state index contributed by atoms with van der Waals surface area (Å²) in [5.41, 5.74) is 1.02. The minimum atomic E-state index is -4.80. The predicted molar refractivity (Wildman–Crippen MR) is 51.6 cm³/mol. The molecule has 1 rings (SSSR count). The zero-order valence-corrected chi connectivity index (χ0v) is 8.57. The molecule has 0 radical (unpaired) electrons. The fourth-order valence-electron chi connectivity index (χ4n) is 1.19. The van der Waals surface area contributed by atoms with Crippen molar-refractivity contribution < 1.29 is 22.3 Å². The molecule has 0 N–H and O–H groups in total. The third-order valence-electron chi connectivity index (χ3n) is 1.75. The van der Waals surface area contributed by atoms with Gasteiger partial charge in [-0.05, 0) is 25.0 Å². The standard InChI is InChI=1S/C11H10F4O/c1-7(2)5-8-3-4-9(6-10(8)12)16-11(13,14)15/h3-4,6H,1,5H2,2H3. The molecular weight excluding hydrogens is 224 g/mol. The molecular formula is C11H10F4O. The molecule has 0 fully saturated rings. The molecule has 0 aliphatic rings. The van der Waals surface area contributed by atoms with Gasteiger partial charge in [-0.25, -0.2) is 4.39 Å². The van der Waals surface area contributed by atoms with Crippen LogP contribution in [-0.2, 0) is 6.42 Å². The number of halogens is 4. The molecule has 88 valence electrons. The highest BCUT2D eigenvalue weighted by Gasteiger charge is 2.31. The van der Waals surface area contributed by atoms with E-state index in [-0.39, 0.29) is 6.42 Å². The lowest BCUT2D eigenvalue weighted by molar-refractivity contribution is -0.274. The first-order valence-electron chi connectivity index (χ1n) is 4.46. The van der Waals surface area contributed by atoms with Gasteiger partial charge in [-0.3, -0.25) is 0 Å². The van der Waals surface area contributed by atoms with Crippen molar-refractivity contribution in [3.63, 3.8) is 0 Å². The van der Waals surface area contributed by atoms with Crippen molar-refractivity contribution in [2.24, 2.45) is 0 Å². The summed E-state index contributed by atoms with van der Waals surface area (Å²) < 4.78 is 52.4. The highest BCUT2D eigenvalue weighted by molar-refractivity contribution is 5.31. The van der Waals surface area contributed by atoms with Gasteiger partial charge in [0.25, 0.3) is 0 Å². The van der Waals surface area contributed by atoms with Gasteiger partial charge in [0.2, 0.25) is 0 Å². The van der Waals surface area contributed by atoms with Gasteiger partial charge >= 0.3 is 6.36 Å². The van der Waals surface area contributed by atoms with Crippen LogP contribution < -0.4 is 4.74 Å². The molecule has 1 nitrogen and oxygen atoms in total. The fourth-order valence-corrected chi connectivity index (χ4v) is 1.19. The summed E-state index contributed by atoms with van der Waals surface area (Å²) in [6.45, 7) is 5.30. The maximum absolute atomic E-state index is 13.3. The number of rotatable bonds is 3. The largest absolute Gasteiger partial charge is 0.573 e. The predicted octanol–water partition coefficient (Wildman–Crippen LogP) is 3.84. The Bertz CT molecular complexity index is 395. The smallest absolute Gasteiger partial charge is 0.406 e. The van der Waals surface area contributed by atoms with Crippen LogP contribution in [0.3, 0.4) is 0 Å². The molecule has 0 atom stereocenters. The summed E-state index contributed by atoms with van der Waals surface area (Å²) in [5, 5.41) is 0. The SMILES string of the molecule is C=C(C)Cc1ccc(OC(F)(F)F)cc1F. The zero-order valence-electron chi connectivity index (χ0n) is 8.57. The van der Waals surface area contributed by atoms with Crippen LogP contribution in [0.25, 0.3) is 0 Å². The zero-order chi connectivity index (χ0) is 12.3. The maximum atomic E-state index is 13.3. The number of alkyl halides is 3. The van der Waals surface area contributed by atoms with Crippen LogP contribution in [0, 0.1) is 5.82 Å². The highest BCUT2D eigenvalue weighted by atomic mass is 19.4. The molecule has 0 heterocycles. The molecule has 0 aliphatic carbocycles. The lowest BCUT2D eigenvalue weighted by Gasteiger charge is -2.10. The van der Waals surface area contributed by atoms with E-state index in [4.69, 9.17) is 0 Å². The van der Waals surface area contributed by atoms with Crippen LogP contribution in [0.5, 0.6) is 5.75 Å². The Balaban J connectivity index is 2.87. The van der Waals surface area contributed by atoms with Gasteiger partial charge in [0.15, 0.2) is 0 Å². The van der Waals surface area contributed by atoms with E-state index in [0.29, 0.717) is 11.6 Å². The Morgan fingerprint density at radius 1 is 1.38 bits per heavy atom. The lowest BCUT2D eigenvalue weighted by Crippen LogP contribution is -2.17. The number of allylic oxidation sites excluding steroid dienone is 1. The van der Waals surface area contributed by atoms with E-state index >= 15 is 0 Å². The number of ether oxygens (including phenoxy) is 1. The Morgan fingerprint density at radius 2 is 2.00 bits per heavy atom. The van der Waals surface area contributed by atoms with Crippen molar-refractivity contribution in [1.29, 1.82) is 0 Å². The monoisotopic (exact) mass is 234 g/mol. The van der Waals surface area contributed by atoms with E-state index in [9.17, 15) is 17.6 Å². The Hall–Kier alpha value is -1.52. The molecule has 0 bridgehead atoms. The van der Waals surface area contributed by atoms with Crippen LogP contribution >= 0.6 is 0 Å². The van der Waals surface area contributed by atoms with Gasteiger partial charge in [-0.2, -0.15) is 0 Å². The molecule has 0 spiro atoms. The van der Waals surface area contributed by atoms with E-state index < -0.39 is 17.9 Å². The molecule has 5 heteroatoms. The van der Waals surface area contributed by atoms with Gasteiger partial charge < -0.3 is 4.74 Å². The average Bonchev–Trinajstić information content (AvgIpc) is 2.06. The molecule has 0 aliphatic heterocycles. The van der Waals surface area contributed by atoms with Crippen LogP contribution in [0.2, 0.25) is 0 Å². The second-order valence-corrected chi connectivity index (χ2v) is 3.43. The van der Waals surface area contributed by atoms with Crippen LogP contribution in [0.15, 0.2) is 30.4 Å². The van der Waals surface area contributed by atoms with Gasteiger partial charge in [-0.15, -0.1) is 13.2 Å². The third kappa shape index (κ3) is 3.92. The molecule has 0 aromatic heterocycles. The Labute approximate surface area is 90.3 Å². The van der Waals surface area contributed by atoms with Gasteiger partial charge in [0, 0.05) is 6.07 Å². The van der Waals surface area contributed by atoms with Crippen LogP contribution in [0.4, 0.5) is 17.6 Å². The topological polar surface area (TPSA) is 9.23 Å². The summed E-state index contributed by atoms with van der Waals surface area (Å²) in [5.74, 6) is -1.29. The normalized spacial score (nSPS) is 11.3. The summed E-state index contributed by atoms with van der Waals surface area (Å²) in [4.78, 5) is 0. The Kier molecular flexibility index (Phi) is 3.57. The van der Waals surface area contributed by atoms with Crippen molar-refractivity contribution >= 4 is 0 Å². The number of benzene rings is 1. The van der Waals surface area contributed by atoms with Gasteiger partial charge in [-0.1, -0.05) is 18.2 Å². The third-order valence-corrected chi connectivity index (χ3v) is 1.75. The van der Waals surface area contributed by atoms with E-state index in [1.54, 1.807) is 6.92 Å². The molecule has 0 saturated carbocycles. The second-order valence-electron chi connectivity index (χ2n) is 3.43. The van der Waals surface area contributed by atoms with Crippen LogP contribution in [0.1, 0.15) is 12.5 Å². The first-order chi connectivity index (χ1) is 7.28. The molecule has 1 aromatic carbocycles. The average molecular weight is 234 g/mol. The molecule has 1 aromatic rings. The van der Waals surface area contributed by atoms with Crippen molar-refractivity contribution in [3.05, 3.63) is 41.7 Å². The fraction of sp³-hybridized carbons (Fsp3) is 0.273. The number of hydrogen-bond acceptors (Lipinski definition) is 1. The minimum absolute atomic E-state index is 0.290. The quantitative estimate of drug-likeness (QED) is 0.570. The summed E-state index contributed by atoms with van der Waals surface area (Å²) in [7, 11) is 0. The van der Waals surface area contributed by atoms with E-state index in [2.05, 4.69) is 11.3 Å². The van der Waals surface area contributed by atoms with Crippen LogP contribution in [-0.4, -0.2) is 6.36 Å². The van der Waals surface area contributed by atoms with Gasteiger partial charge in [0.1, 0.15) is 11.6 Å². The Morgan fingerprint density at radius 3 is 2.44 bits per heavy atom.